The minimum atomic E-state index is -0.694. The normalized spacial score (nSPS) is 15.6. The highest BCUT2D eigenvalue weighted by Crippen LogP contribution is 2.41. The van der Waals surface area contributed by atoms with Crippen LogP contribution in [-0.4, -0.2) is 17.0 Å². The largest absolute Gasteiger partial charge is 0.325 e. The Labute approximate surface area is 191 Å². The van der Waals surface area contributed by atoms with E-state index in [9.17, 15) is 4.79 Å². The number of hydrogen-bond acceptors (Lipinski definition) is 1. The summed E-state index contributed by atoms with van der Waals surface area (Å²) in [5, 5.41) is 2.36. The second-order valence-electron chi connectivity index (χ2n) is 9.22. The van der Waals surface area contributed by atoms with Crippen LogP contribution < -0.4 is 4.90 Å². The van der Waals surface area contributed by atoms with Gasteiger partial charge in [-0.15, -0.1) is 0 Å². The smallest absolute Gasteiger partial charge is 0.252 e. The van der Waals surface area contributed by atoms with E-state index in [1.54, 1.807) is 0 Å². The maximum Gasteiger partial charge on any atom is 0.252 e. The average Bonchev–Trinajstić information content (AvgIpc) is 3.32. The molecule has 0 fully saturated rings. The van der Waals surface area contributed by atoms with Crippen molar-refractivity contribution in [3.05, 3.63) is 76.8 Å². The van der Waals surface area contributed by atoms with E-state index in [1.807, 2.05) is 11.0 Å². The Morgan fingerprint density at radius 1 is 1.00 bits per heavy atom. The number of amides is 1. The molecule has 1 aliphatic heterocycles. The van der Waals surface area contributed by atoms with Crippen LogP contribution in [0.15, 0.2) is 71.2 Å². The Bertz CT molecular complexity index is 1310. The van der Waals surface area contributed by atoms with E-state index in [2.05, 4.69) is 102 Å². The molecule has 0 N–H and O–H groups in total. The molecule has 1 aliphatic rings. The molecule has 31 heavy (non-hydrogen) atoms. The second-order valence-corrected chi connectivity index (χ2v) is 10.1. The number of nitrogens with zero attached hydrogens (tertiary/aromatic N) is 2. The molecule has 5 rings (SSSR count). The number of fused-ring (bicyclic) bond motifs is 4. The maximum absolute atomic E-state index is 14.3. The first-order valence-corrected chi connectivity index (χ1v) is 11.8. The van der Waals surface area contributed by atoms with Crippen LogP contribution in [-0.2, 0) is 16.8 Å². The fraction of sp³-hybridized carbons (Fsp3) is 0.296. The van der Waals surface area contributed by atoms with Gasteiger partial charge in [-0.3, -0.25) is 4.79 Å². The van der Waals surface area contributed by atoms with Gasteiger partial charge in [0.2, 0.25) is 0 Å². The Kier molecular flexibility index (Phi) is 4.93. The number of para-hydroxylation sites is 2. The third-order valence-electron chi connectivity index (χ3n) is 6.53. The van der Waals surface area contributed by atoms with Gasteiger partial charge in [0, 0.05) is 27.5 Å². The van der Waals surface area contributed by atoms with Gasteiger partial charge >= 0.3 is 0 Å². The third kappa shape index (κ3) is 3.20. The Morgan fingerprint density at radius 2 is 1.71 bits per heavy atom. The summed E-state index contributed by atoms with van der Waals surface area (Å²) in [6, 6.07) is 23.1. The molecule has 0 unspecified atom stereocenters. The lowest BCUT2D eigenvalue weighted by Crippen LogP contribution is -2.49. The molecule has 0 aliphatic carbocycles. The van der Waals surface area contributed by atoms with Gasteiger partial charge in [-0.1, -0.05) is 66.2 Å². The Morgan fingerprint density at radius 3 is 2.52 bits per heavy atom. The zero-order chi connectivity index (χ0) is 21.8. The molecule has 3 nitrogen and oxygen atoms in total. The first kappa shape index (κ1) is 20.3. The third-order valence-corrected chi connectivity index (χ3v) is 7.02. The summed E-state index contributed by atoms with van der Waals surface area (Å²) in [6.45, 7) is 7.28. The number of carbonyl (C=O) groups excluding carboxylic acids is 1. The van der Waals surface area contributed by atoms with E-state index in [0.29, 0.717) is 5.92 Å². The minimum absolute atomic E-state index is 0.178. The van der Waals surface area contributed by atoms with Crippen molar-refractivity contribution in [3.63, 3.8) is 0 Å². The number of carbonyl (C=O) groups is 1. The zero-order valence-corrected chi connectivity index (χ0v) is 19.8. The van der Waals surface area contributed by atoms with Gasteiger partial charge in [0.15, 0.2) is 0 Å². The van der Waals surface area contributed by atoms with Gasteiger partial charge in [0.1, 0.15) is 5.54 Å². The van der Waals surface area contributed by atoms with Crippen molar-refractivity contribution >= 4 is 49.3 Å². The predicted molar refractivity (Wildman–Crippen MR) is 133 cm³/mol. The van der Waals surface area contributed by atoms with Crippen LogP contribution in [0.1, 0.15) is 32.8 Å². The van der Waals surface area contributed by atoms with Crippen molar-refractivity contribution in [1.29, 1.82) is 0 Å². The zero-order valence-electron chi connectivity index (χ0n) is 18.2. The molecule has 0 radical (unpaired) electrons. The molecular formula is C27H27BrN2O. The molecule has 4 heteroatoms. The van der Waals surface area contributed by atoms with E-state index in [1.165, 1.54) is 16.3 Å². The lowest BCUT2D eigenvalue weighted by Gasteiger charge is -2.37. The standard InChI is InChI=1S/C27H27BrN2O/c1-18(2)17-27(3,26(31)29-15-14-19-8-4-6-10-23(19)29)30-24-11-7-5-9-21(24)22-16-20(28)12-13-25(22)30/h4-13,16,18H,14-15,17H2,1-3H3/t27-/m1/s1. The molecule has 0 bridgehead atoms. The first-order valence-electron chi connectivity index (χ1n) is 11.0. The van der Waals surface area contributed by atoms with E-state index in [4.69, 9.17) is 0 Å². The molecule has 0 spiro atoms. The lowest BCUT2D eigenvalue weighted by molar-refractivity contribution is -0.126. The van der Waals surface area contributed by atoms with Gasteiger partial charge in [-0.05, 0) is 61.6 Å². The monoisotopic (exact) mass is 474 g/mol. The summed E-state index contributed by atoms with van der Waals surface area (Å²) in [4.78, 5) is 16.3. The SMILES string of the molecule is CC(C)C[C@](C)(C(=O)N1CCc2ccccc21)n1c2ccccc2c2cc(Br)ccc21. The van der Waals surface area contributed by atoms with Gasteiger partial charge in [0.05, 0.1) is 11.0 Å². The fourth-order valence-electron chi connectivity index (χ4n) is 5.39. The topological polar surface area (TPSA) is 25.2 Å². The molecule has 1 aromatic heterocycles. The highest BCUT2D eigenvalue weighted by atomic mass is 79.9. The quantitative estimate of drug-likeness (QED) is 0.315. The van der Waals surface area contributed by atoms with Gasteiger partial charge in [-0.2, -0.15) is 0 Å². The van der Waals surface area contributed by atoms with Crippen molar-refractivity contribution in [2.24, 2.45) is 5.92 Å². The van der Waals surface area contributed by atoms with Gasteiger partial charge in [0.25, 0.3) is 5.91 Å². The Hall–Kier alpha value is -2.59. The van der Waals surface area contributed by atoms with E-state index in [0.717, 1.165) is 40.6 Å². The first-order chi connectivity index (χ1) is 14.9. The maximum atomic E-state index is 14.3. The van der Waals surface area contributed by atoms with Crippen LogP contribution in [0, 0.1) is 5.92 Å². The molecule has 1 atom stereocenters. The summed E-state index contributed by atoms with van der Waals surface area (Å²) in [6.07, 6.45) is 1.69. The summed E-state index contributed by atoms with van der Waals surface area (Å²) in [5.74, 6) is 0.551. The number of halogens is 1. The van der Waals surface area contributed by atoms with E-state index in [-0.39, 0.29) is 5.91 Å². The average molecular weight is 475 g/mol. The molecule has 158 valence electrons. The van der Waals surface area contributed by atoms with Crippen molar-refractivity contribution in [2.75, 3.05) is 11.4 Å². The van der Waals surface area contributed by atoms with E-state index < -0.39 is 5.54 Å². The molecular weight excluding hydrogens is 448 g/mol. The molecule has 3 aromatic carbocycles. The van der Waals surface area contributed by atoms with Gasteiger partial charge in [-0.25, -0.2) is 0 Å². The second kappa shape index (κ2) is 7.52. The van der Waals surface area contributed by atoms with Crippen LogP contribution in [0.25, 0.3) is 21.8 Å². The van der Waals surface area contributed by atoms with Crippen molar-refractivity contribution in [3.8, 4) is 0 Å². The van der Waals surface area contributed by atoms with E-state index >= 15 is 0 Å². The molecule has 2 heterocycles. The Balaban J connectivity index is 1.76. The summed E-state index contributed by atoms with van der Waals surface area (Å²) in [5.41, 5.74) is 3.84. The molecule has 0 saturated heterocycles. The highest BCUT2D eigenvalue weighted by molar-refractivity contribution is 9.10. The summed E-state index contributed by atoms with van der Waals surface area (Å²) < 4.78 is 3.35. The lowest BCUT2D eigenvalue weighted by atomic mass is 9.88. The number of rotatable bonds is 4. The molecule has 1 amide bonds. The minimum Gasteiger partial charge on any atom is -0.325 e. The van der Waals surface area contributed by atoms with Gasteiger partial charge < -0.3 is 9.47 Å². The van der Waals surface area contributed by atoms with Crippen molar-refractivity contribution in [2.45, 2.75) is 39.2 Å². The molecule has 0 saturated carbocycles. The van der Waals surface area contributed by atoms with Crippen molar-refractivity contribution in [1.82, 2.24) is 4.57 Å². The number of aromatic nitrogens is 1. The summed E-state index contributed by atoms with van der Waals surface area (Å²) >= 11 is 3.63. The molecule has 4 aromatic rings. The fourth-order valence-corrected chi connectivity index (χ4v) is 5.75. The number of anilines is 1. The van der Waals surface area contributed by atoms with Crippen LogP contribution in [0.3, 0.4) is 0 Å². The van der Waals surface area contributed by atoms with Crippen LogP contribution in [0.5, 0.6) is 0 Å². The summed E-state index contributed by atoms with van der Waals surface area (Å²) in [7, 11) is 0. The predicted octanol–water partition coefficient (Wildman–Crippen LogP) is 6.91. The number of hydrogen-bond donors (Lipinski definition) is 0. The van der Waals surface area contributed by atoms with Crippen LogP contribution in [0.2, 0.25) is 0 Å². The van der Waals surface area contributed by atoms with Crippen LogP contribution >= 0.6 is 15.9 Å². The number of benzene rings is 3. The highest BCUT2D eigenvalue weighted by Gasteiger charge is 2.42. The van der Waals surface area contributed by atoms with Crippen molar-refractivity contribution < 1.29 is 4.79 Å². The van der Waals surface area contributed by atoms with Crippen LogP contribution in [0.4, 0.5) is 5.69 Å².